The number of hydrogen-bond donors (Lipinski definition) is 1. The molecule has 2 aromatic rings. The monoisotopic (exact) mass is 251 g/mol. The van der Waals surface area contributed by atoms with E-state index in [0.29, 0.717) is 0 Å². The van der Waals surface area contributed by atoms with Crippen LogP contribution in [0.5, 0.6) is 0 Å². The number of nitrogens with zero attached hydrogens (tertiary/aromatic N) is 2. The molecule has 0 aliphatic rings. The van der Waals surface area contributed by atoms with Crippen LogP contribution in [0.3, 0.4) is 0 Å². The van der Waals surface area contributed by atoms with Crippen molar-refractivity contribution >= 4 is 11.6 Å². The molecule has 2 rings (SSSR count). The van der Waals surface area contributed by atoms with Gasteiger partial charge in [-0.15, -0.1) is 0 Å². The van der Waals surface area contributed by atoms with E-state index in [1.54, 1.807) is 19.2 Å². The molecule has 0 radical (unpaired) electrons. The van der Waals surface area contributed by atoms with Crippen LogP contribution in [0.1, 0.15) is 13.0 Å². The van der Waals surface area contributed by atoms with Crippen LogP contribution in [0.2, 0.25) is 0 Å². The first kappa shape index (κ1) is 12.2. The van der Waals surface area contributed by atoms with Crippen LogP contribution >= 0.6 is 0 Å². The fourth-order valence-corrected chi connectivity index (χ4v) is 1.47. The summed E-state index contributed by atoms with van der Waals surface area (Å²) in [6, 6.07) is 4.40. The molecule has 4 nitrogen and oxygen atoms in total. The van der Waals surface area contributed by atoms with E-state index in [0.717, 1.165) is 12.1 Å². The maximum absolute atomic E-state index is 13.3. The summed E-state index contributed by atoms with van der Waals surface area (Å²) < 4.78 is 28.1. The Labute approximate surface area is 102 Å². The Hall–Kier alpha value is -2.24. The van der Waals surface area contributed by atoms with Crippen LogP contribution in [0.4, 0.5) is 14.5 Å². The Bertz CT molecular complexity index is 534. The zero-order valence-electron chi connectivity index (χ0n) is 9.60. The van der Waals surface area contributed by atoms with Gasteiger partial charge in [-0.25, -0.2) is 8.78 Å². The van der Waals surface area contributed by atoms with Crippen molar-refractivity contribution in [2.45, 2.75) is 13.0 Å². The minimum Gasteiger partial charge on any atom is -0.319 e. The van der Waals surface area contributed by atoms with Gasteiger partial charge in [0.25, 0.3) is 0 Å². The van der Waals surface area contributed by atoms with E-state index in [2.05, 4.69) is 10.4 Å². The average Bonchev–Trinajstić information content (AvgIpc) is 2.86. The number of hydrogen-bond acceptors (Lipinski definition) is 2. The lowest BCUT2D eigenvalue weighted by atomic mass is 10.2. The van der Waals surface area contributed by atoms with E-state index >= 15 is 0 Å². The quantitative estimate of drug-likeness (QED) is 0.910. The van der Waals surface area contributed by atoms with Gasteiger partial charge >= 0.3 is 0 Å². The molecule has 6 heteroatoms. The number of amides is 1. The molecule has 1 aromatic heterocycles. The van der Waals surface area contributed by atoms with Crippen LogP contribution in [0, 0.1) is 11.6 Å². The van der Waals surface area contributed by atoms with Gasteiger partial charge < -0.3 is 5.32 Å². The number of para-hydroxylation sites is 1. The van der Waals surface area contributed by atoms with Crippen molar-refractivity contribution in [3.8, 4) is 0 Å². The first-order valence-electron chi connectivity index (χ1n) is 5.33. The number of carbonyl (C=O) groups excluding carboxylic acids is 1. The van der Waals surface area contributed by atoms with Crippen LogP contribution in [-0.2, 0) is 4.79 Å². The number of anilines is 1. The van der Waals surface area contributed by atoms with Gasteiger partial charge in [-0.2, -0.15) is 5.10 Å². The third-order valence-electron chi connectivity index (χ3n) is 2.51. The summed E-state index contributed by atoms with van der Waals surface area (Å²) in [7, 11) is 0. The molecule has 18 heavy (non-hydrogen) atoms. The minimum absolute atomic E-state index is 0.443. The van der Waals surface area contributed by atoms with E-state index in [1.807, 2.05) is 0 Å². The second-order valence-corrected chi connectivity index (χ2v) is 3.75. The van der Waals surface area contributed by atoms with E-state index < -0.39 is 29.3 Å². The zero-order valence-corrected chi connectivity index (χ0v) is 9.60. The standard InChI is InChI=1S/C12H11F2N3O/c1-8(17-7-3-6-15-17)12(18)16-11-9(13)4-2-5-10(11)14/h2-8H,1H3,(H,16,18). The number of halogens is 2. The molecule has 0 aliphatic carbocycles. The Morgan fingerprint density at radius 1 is 1.33 bits per heavy atom. The third kappa shape index (κ3) is 2.37. The van der Waals surface area contributed by atoms with Crippen LogP contribution < -0.4 is 5.32 Å². The number of benzene rings is 1. The Kier molecular flexibility index (Phi) is 3.36. The summed E-state index contributed by atoms with van der Waals surface area (Å²) in [5.41, 5.74) is -0.443. The van der Waals surface area contributed by atoms with Crippen molar-refractivity contribution in [3.05, 3.63) is 48.3 Å². The van der Waals surface area contributed by atoms with Crippen molar-refractivity contribution in [3.63, 3.8) is 0 Å². The van der Waals surface area contributed by atoms with Crippen LogP contribution in [0.15, 0.2) is 36.7 Å². The van der Waals surface area contributed by atoms with Gasteiger partial charge in [0.05, 0.1) is 0 Å². The summed E-state index contributed by atoms with van der Waals surface area (Å²) in [6.07, 6.45) is 3.12. The Morgan fingerprint density at radius 3 is 2.56 bits per heavy atom. The molecule has 0 saturated carbocycles. The predicted molar refractivity (Wildman–Crippen MR) is 61.9 cm³/mol. The maximum atomic E-state index is 13.3. The second kappa shape index (κ2) is 4.95. The molecule has 0 spiro atoms. The van der Waals surface area contributed by atoms with E-state index in [4.69, 9.17) is 0 Å². The summed E-state index contributed by atoms with van der Waals surface area (Å²) in [4.78, 5) is 11.8. The predicted octanol–water partition coefficient (Wildman–Crippen LogP) is 2.36. The smallest absolute Gasteiger partial charge is 0.249 e. The molecular weight excluding hydrogens is 240 g/mol. The molecule has 94 valence electrons. The SMILES string of the molecule is CC(C(=O)Nc1c(F)cccc1F)n1cccn1. The first-order chi connectivity index (χ1) is 8.59. The highest BCUT2D eigenvalue weighted by Crippen LogP contribution is 2.19. The van der Waals surface area contributed by atoms with Gasteiger partial charge in [-0.1, -0.05) is 6.07 Å². The Morgan fingerprint density at radius 2 is 2.00 bits per heavy atom. The van der Waals surface area contributed by atoms with E-state index in [1.165, 1.54) is 16.9 Å². The van der Waals surface area contributed by atoms with Gasteiger partial charge in [-0.05, 0) is 25.1 Å². The topological polar surface area (TPSA) is 46.9 Å². The van der Waals surface area contributed by atoms with Crippen molar-refractivity contribution < 1.29 is 13.6 Å². The van der Waals surface area contributed by atoms with Crippen molar-refractivity contribution in [2.75, 3.05) is 5.32 Å². The minimum atomic E-state index is -0.809. The lowest BCUT2D eigenvalue weighted by Crippen LogP contribution is -2.25. The van der Waals surface area contributed by atoms with E-state index in [-0.39, 0.29) is 0 Å². The number of nitrogens with one attached hydrogen (secondary N) is 1. The average molecular weight is 251 g/mol. The normalized spacial score (nSPS) is 12.2. The lowest BCUT2D eigenvalue weighted by Gasteiger charge is -2.13. The highest BCUT2D eigenvalue weighted by Gasteiger charge is 2.18. The van der Waals surface area contributed by atoms with E-state index in [9.17, 15) is 13.6 Å². The van der Waals surface area contributed by atoms with Crippen LogP contribution in [-0.4, -0.2) is 15.7 Å². The van der Waals surface area contributed by atoms with Crippen LogP contribution in [0.25, 0.3) is 0 Å². The molecule has 1 aromatic carbocycles. The molecular formula is C12H11F2N3O. The molecule has 1 unspecified atom stereocenters. The largest absolute Gasteiger partial charge is 0.319 e. The highest BCUT2D eigenvalue weighted by molar-refractivity contribution is 5.93. The fraction of sp³-hybridized carbons (Fsp3) is 0.167. The second-order valence-electron chi connectivity index (χ2n) is 3.75. The van der Waals surface area contributed by atoms with Gasteiger partial charge in [0, 0.05) is 12.4 Å². The van der Waals surface area contributed by atoms with Crippen molar-refractivity contribution in [2.24, 2.45) is 0 Å². The molecule has 1 amide bonds. The number of rotatable bonds is 3. The van der Waals surface area contributed by atoms with Crippen molar-refractivity contribution in [1.29, 1.82) is 0 Å². The molecule has 0 aliphatic heterocycles. The molecule has 0 bridgehead atoms. The molecule has 1 heterocycles. The summed E-state index contributed by atoms with van der Waals surface area (Å²) in [5, 5.41) is 6.11. The summed E-state index contributed by atoms with van der Waals surface area (Å²) in [5.74, 6) is -2.16. The van der Waals surface area contributed by atoms with Gasteiger partial charge in [0.2, 0.25) is 5.91 Å². The highest BCUT2D eigenvalue weighted by atomic mass is 19.1. The number of carbonyl (C=O) groups is 1. The lowest BCUT2D eigenvalue weighted by molar-refractivity contribution is -0.119. The number of aromatic nitrogens is 2. The molecule has 0 fully saturated rings. The summed E-state index contributed by atoms with van der Waals surface area (Å²) in [6.45, 7) is 1.58. The van der Waals surface area contributed by atoms with Gasteiger partial charge in [-0.3, -0.25) is 9.48 Å². The van der Waals surface area contributed by atoms with Gasteiger partial charge in [0.1, 0.15) is 23.4 Å². The third-order valence-corrected chi connectivity index (χ3v) is 2.51. The zero-order chi connectivity index (χ0) is 13.1. The molecule has 1 N–H and O–H groups in total. The molecule has 1 atom stereocenters. The van der Waals surface area contributed by atoms with Gasteiger partial charge in [0.15, 0.2) is 0 Å². The maximum Gasteiger partial charge on any atom is 0.249 e. The van der Waals surface area contributed by atoms with Crippen molar-refractivity contribution in [1.82, 2.24) is 9.78 Å². The first-order valence-corrected chi connectivity index (χ1v) is 5.33. The Balaban J connectivity index is 2.17. The fourth-order valence-electron chi connectivity index (χ4n) is 1.47. The summed E-state index contributed by atoms with van der Waals surface area (Å²) >= 11 is 0. The molecule has 0 saturated heterocycles.